The Hall–Kier alpha value is -1.50. The van der Waals surface area contributed by atoms with E-state index < -0.39 is 0 Å². The van der Waals surface area contributed by atoms with Gasteiger partial charge in [-0.2, -0.15) is 5.26 Å². The Morgan fingerprint density at radius 1 is 1.48 bits per heavy atom. The monoisotopic (exact) mass is 299 g/mol. The van der Waals surface area contributed by atoms with Crippen molar-refractivity contribution in [3.63, 3.8) is 0 Å². The first-order valence-electron chi connectivity index (χ1n) is 7.55. The number of halogens is 1. The Labute approximate surface area is 129 Å². The molecule has 2 heterocycles. The van der Waals surface area contributed by atoms with Crippen LogP contribution in [0.5, 0.6) is 0 Å². The molecule has 108 valence electrons. The van der Waals surface area contributed by atoms with Crippen molar-refractivity contribution in [1.82, 2.24) is 9.88 Å². The fraction of sp³-hybridized carbons (Fsp3) is 0.471. The number of aromatic nitrogens is 1. The molecule has 1 aliphatic carbocycles. The van der Waals surface area contributed by atoms with Crippen LogP contribution in [0.3, 0.4) is 0 Å². The minimum Gasteiger partial charge on any atom is -0.345 e. The number of hydrogen-bond acceptors (Lipinski definition) is 2. The third-order valence-corrected chi connectivity index (χ3v) is 5.59. The lowest BCUT2D eigenvalue weighted by atomic mass is 9.72. The summed E-state index contributed by atoms with van der Waals surface area (Å²) < 4.78 is 0. The van der Waals surface area contributed by atoms with E-state index in [1.54, 1.807) is 0 Å². The first-order valence-corrected chi connectivity index (χ1v) is 7.93. The van der Waals surface area contributed by atoms with E-state index in [0.29, 0.717) is 24.3 Å². The lowest BCUT2D eigenvalue weighted by Crippen LogP contribution is -2.47. The van der Waals surface area contributed by atoms with Gasteiger partial charge in [0.2, 0.25) is 0 Å². The van der Waals surface area contributed by atoms with Crippen LogP contribution in [0.2, 0.25) is 5.15 Å². The van der Waals surface area contributed by atoms with Gasteiger partial charge in [-0.05, 0) is 43.0 Å². The van der Waals surface area contributed by atoms with Gasteiger partial charge in [0.05, 0.1) is 6.07 Å². The van der Waals surface area contributed by atoms with Gasteiger partial charge in [-0.25, -0.2) is 0 Å². The number of nitrogens with zero attached hydrogens (tertiary/aromatic N) is 2. The molecule has 0 radical (unpaired) electrons. The molecule has 1 N–H and O–H groups in total. The molecule has 3 atom stereocenters. The van der Waals surface area contributed by atoms with Gasteiger partial charge >= 0.3 is 0 Å². The Morgan fingerprint density at radius 3 is 3.14 bits per heavy atom. The number of nitriles is 1. The van der Waals surface area contributed by atoms with Crippen LogP contribution in [-0.4, -0.2) is 29.5 Å². The van der Waals surface area contributed by atoms with E-state index in [2.05, 4.69) is 41.2 Å². The first kappa shape index (κ1) is 13.2. The topological polar surface area (TPSA) is 42.8 Å². The minimum atomic E-state index is 0.479. The summed E-state index contributed by atoms with van der Waals surface area (Å²) in [5, 5.41) is 11.1. The van der Waals surface area contributed by atoms with E-state index in [-0.39, 0.29) is 0 Å². The Balaban J connectivity index is 1.84. The SMILES string of the molecule is CN1C[C@@H](CC#N)CC2c3cccc4[nH]c(Cl)c(c34)C[C@H]21. The van der Waals surface area contributed by atoms with E-state index in [0.717, 1.165) is 30.1 Å². The molecule has 4 heteroatoms. The summed E-state index contributed by atoms with van der Waals surface area (Å²) >= 11 is 6.41. The predicted molar refractivity (Wildman–Crippen MR) is 84.5 cm³/mol. The Kier molecular flexibility index (Phi) is 2.99. The zero-order chi connectivity index (χ0) is 14.6. The molecule has 0 bridgehead atoms. The number of benzene rings is 1. The number of likely N-dealkylation sites (N-methyl/N-ethyl adjacent to an activating group) is 1. The van der Waals surface area contributed by atoms with Gasteiger partial charge in [0, 0.05) is 35.8 Å². The maximum atomic E-state index is 9.02. The molecule has 3 nitrogen and oxygen atoms in total. The second-order valence-corrected chi connectivity index (χ2v) is 6.85. The molecule has 21 heavy (non-hydrogen) atoms. The number of rotatable bonds is 1. The molecule has 0 spiro atoms. The number of aromatic amines is 1. The van der Waals surface area contributed by atoms with Gasteiger partial charge in [-0.3, -0.25) is 0 Å². The lowest BCUT2D eigenvalue weighted by Gasteiger charge is -2.45. The maximum Gasteiger partial charge on any atom is 0.110 e. The molecule has 0 amide bonds. The van der Waals surface area contributed by atoms with Crippen molar-refractivity contribution >= 4 is 22.5 Å². The second-order valence-electron chi connectivity index (χ2n) is 6.47. The second kappa shape index (κ2) is 4.76. The van der Waals surface area contributed by atoms with E-state index in [1.165, 1.54) is 16.5 Å². The quantitative estimate of drug-likeness (QED) is 0.872. The highest BCUT2D eigenvalue weighted by Crippen LogP contribution is 2.46. The number of piperidine rings is 1. The van der Waals surface area contributed by atoms with Crippen LogP contribution in [0.1, 0.15) is 29.9 Å². The van der Waals surface area contributed by atoms with E-state index in [9.17, 15) is 0 Å². The summed E-state index contributed by atoms with van der Waals surface area (Å²) in [6, 6.07) is 9.32. The number of nitrogens with one attached hydrogen (secondary N) is 1. The Bertz CT molecular complexity index is 742. The van der Waals surface area contributed by atoms with Crippen LogP contribution in [0.15, 0.2) is 18.2 Å². The standard InChI is InChI=1S/C17H18ClN3/c1-21-9-10(5-6-19)7-12-11-3-2-4-14-16(11)13(8-15(12)21)17(18)20-14/h2-4,10,12,15,20H,5,7-9H2,1H3/t10-,12?,15+/m0/s1. The molecule has 1 unspecified atom stereocenters. The zero-order valence-corrected chi connectivity index (χ0v) is 12.8. The average molecular weight is 300 g/mol. The minimum absolute atomic E-state index is 0.479. The first-order chi connectivity index (χ1) is 10.2. The predicted octanol–water partition coefficient (Wildman–Crippen LogP) is 3.69. The molecule has 2 aliphatic rings. The van der Waals surface area contributed by atoms with Crippen LogP contribution in [0.25, 0.3) is 10.9 Å². The van der Waals surface area contributed by atoms with E-state index in [1.807, 2.05) is 0 Å². The highest BCUT2D eigenvalue weighted by Gasteiger charge is 2.39. The highest BCUT2D eigenvalue weighted by atomic mass is 35.5. The summed E-state index contributed by atoms with van der Waals surface area (Å²) in [6.45, 7) is 1.02. The largest absolute Gasteiger partial charge is 0.345 e. The van der Waals surface area contributed by atoms with Crippen LogP contribution >= 0.6 is 11.6 Å². The fourth-order valence-electron chi connectivity index (χ4n) is 4.37. The normalized spacial score (nSPS) is 28.3. The van der Waals surface area contributed by atoms with Crippen molar-refractivity contribution in [3.05, 3.63) is 34.5 Å². The molecular formula is C17H18ClN3. The third kappa shape index (κ3) is 1.90. The Morgan fingerprint density at radius 2 is 2.33 bits per heavy atom. The van der Waals surface area contributed by atoms with Gasteiger partial charge in [0.15, 0.2) is 0 Å². The fourth-order valence-corrected chi connectivity index (χ4v) is 4.65. The maximum absolute atomic E-state index is 9.02. The molecular weight excluding hydrogens is 282 g/mol. The molecule has 1 aromatic carbocycles. The van der Waals surface area contributed by atoms with Crippen molar-refractivity contribution in [1.29, 1.82) is 5.26 Å². The molecule has 1 aliphatic heterocycles. The van der Waals surface area contributed by atoms with Crippen LogP contribution in [0, 0.1) is 17.2 Å². The third-order valence-electron chi connectivity index (χ3n) is 5.26. The average Bonchev–Trinajstić information content (AvgIpc) is 2.78. The van der Waals surface area contributed by atoms with Crippen LogP contribution in [0.4, 0.5) is 0 Å². The van der Waals surface area contributed by atoms with Gasteiger partial charge in [-0.1, -0.05) is 23.7 Å². The van der Waals surface area contributed by atoms with Crippen molar-refractivity contribution < 1.29 is 0 Å². The van der Waals surface area contributed by atoms with Gasteiger partial charge < -0.3 is 9.88 Å². The lowest BCUT2D eigenvalue weighted by molar-refractivity contribution is 0.113. The van der Waals surface area contributed by atoms with E-state index in [4.69, 9.17) is 16.9 Å². The number of likely N-dealkylation sites (tertiary alicyclic amines) is 1. The van der Waals surface area contributed by atoms with E-state index >= 15 is 0 Å². The molecule has 1 aromatic heterocycles. The molecule has 1 saturated heterocycles. The summed E-state index contributed by atoms with van der Waals surface area (Å²) in [5.74, 6) is 0.998. The molecule has 4 rings (SSSR count). The van der Waals surface area contributed by atoms with Gasteiger partial charge in [0.25, 0.3) is 0 Å². The van der Waals surface area contributed by atoms with Gasteiger partial charge in [-0.15, -0.1) is 0 Å². The summed E-state index contributed by atoms with van der Waals surface area (Å²) in [6.07, 6.45) is 2.78. The number of fused-ring (bicyclic) bond motifs is 2. The number of H-pyrrole nitrogens is 1. The molecule has 1 fully saturated rings. The van der Waals surface area contributed by atoms with Crippen molar-refractivity contribution in [3.8, 4) is 6.07 Å². The molecule has 0 saturated carbocycles. The smallest absolute Gasteiger partial charge is 0.110 e. The van der Waals surface area contributed by atoms with Crippen molar-refractivity contribution in [2.45, 2.75) is 31.2 Å². The summed E-state index contributed by atoms with van der Waals surface area (Å²) in [7, 11) is 2.19. The summed E-state index contributed by atoms with van der Waals surface area (Å²) in [4.78, 5) is 5.75. The zero-order valence-electron chi connectivity index (χ0n) is 12.1. The summed E-state index contributed by atoms with van der Waals surface area (Å²) in [5.41, 5.74) is 3.83. The van der Waals surface area contributed by atoms with Crippen molar-refractivity contribution in [2.75, 3.05) is 13.6 Å². The van der Waals surface area contributed by atoms with Crippen molar-refractivity contribution in [2.24, 2.45) is 5.92 Å². The van der Waals surface area contributed by atoms with Gasteiger partial charge in [0.1, 0.15) is 5.15 Å². The molecule has 2 aromatic rings. The highest BCUT2D eigenvalue weighted by molar-refractivity contribution is 6.32. The number of hydrogen-bond donors (Lipinski definition) is 1. The van der Waals surface area contributed by atoms with Crippen LogP contribution in [-0.2, 0) is 6.42 Å². The van der Waals surface area contributed by atoms with Crippen LogP contribution < -0.4 is 0 Å².